The van der Waals surface area contributed by atoms with E-state index in [1.165, 1.54) is 22.9 Å². The lowest BCUT2D eigenvalue weighted by Crippen LogP contribution is -2.31. The highest BCUT2D eigenvalue weighted by atomic mass is 35.5. The number of hydrogen-bond donors (Lipinski definition) is 2. The molecule has 14 heteroatoms. The average Bonchev–Trinajstić information content (AvgIpc) is 3.39. The lowest BCUT2D eigenvalue weighted by molar-refractivity contribution is -0.137. The van der Waals surface area contributed by atoms with Crippen molar-refractivity contribution in [2.45, 2.75) is 12.2 Å². The monoisotopic (exact) mass is 523 g/mol. The third-order valence-corrected chi connectivity index (χ3v) is 5.66. The molecule has 1 aromatic carbocycles. The number of benzene rings is 1. The number of imidazole rings is 1. The molecule has 1 atom stereocenters. The summed E-state index contributed by atoms with van der Waals surface area (Å²) in [5.74, 6) is -0.841. The molecule has 0 aliphatic carbocycles. The number of aliphatic hydroxyl groups is 1. The minimum Gasteiger partial charge on any atom is -0.489 e. The first-order valence-electron chi connectivity index (χ1n) is 9.04. The highest BCUT2D eigenvalue weighted by Gasteiger charge is 2.31. The molecule has 7 nitrogen and oxygen atoms in total. The Balaban J connectivity index is 0.00000306. The predicted octanol–water partition coefficient (Wildman–Crippen LogP) is 4.45. The summed E-state index contributed by atoms with van der Waals surface area (Å²) >= 11 is 7.30. The van der Waals surface area contributed by atoms with Crippen molar-refractivity contribution >= 4 is 41.0 Å². The Morgan fingerprint density at radius 3 is 2.64 bits per heavy atom. The first-order chi connectivity index (χ1) is 15.2. The number of hydrogen-bond acceptors (Lipinski definition) is 7. The van der Waals surface area contributed by atoms with Gasteiger partial charge in [-0.05, 0) is 18.2 Å². The van der Waals surface area contributed by atoms with E-state index in [9.17, 15) is 17.6 Å². The van der Waals surface area contributed by atoms with Crippen LogP contribution in [0.2, 0.25) is 5.02 Å². The molecule has 0 amide bonds. The van der Waals surface area contributed by atoms with E-state index in [2.05, 4.69) is 15.2 Å². The van der Waals surface area contributed by atoms with Crippen molar-refractivity contribution in [2.24, 2.45) is 5.73 Å². The topological polar surface area (TPSA) is 98.6 Å². The molecule has 1 unspecified atom stereocenters. The first kappa shape index (κ1) is 25.1. The van der Waals surface area contributed by atoms with E-state index in [1.807, 2.05) is 0 Å². The number of pyridine rings is 1. The quantitative estimate of drug-likeness (QED) is 0.362. The van der Waals surface area contributed by atoms with Crippen LogP contribution in [0, 0.1) is 5.82 Å². The van der Waals surface area contributed by atoms with Crippen LogP contribution in [0.5, 0.6) is 5.75 Å². The van der Waals surface area contributed by atoms with E-state index in [0.717, 1.165) is 29.5 Å². The van der Waals surface area contributed by atoms with Gasteiger partial charge in [0.05, 0.1) is 23.2 Å². The Morgan fingerprint density at radius 1 is 1.21 bits per heavy atom. The van der Waals surface area contributed by atoms with E-state index in [0.29, 0.717) is 10.7 Å². The zero-order valence-electron chi connectivity index (χ0n) is 16.4. The fraction of sp³-hybridized carbons (Fsp3) is 0.211. The second kappa shape index (κ2) is 9.77. The van der Waals surface area contributed by atoms with Crippen molar-refractivity contribution in [2.75, 3.05) is 13.2 Å². The van der Waals surface area contributed by atoms with Gasteiger partial charge in [0.2, 0.25) is 0 Å². The smallest absolute Gasteiger partial charge is 0.416 e. The maximum absolute atomic E-state index is 14.4. The van der Waals surface area contributed by atoms with E-state index < -0.39 is 23.6 Å². The van der Waals surface area contributed by atoms with Crippen molar-refractivity contribution in [3.63, 3.8) is 0 Å². The Kier molecular flexibility index (Phi) is 7.44. The summed E-state index contributed by atoms with van der Waals surface area (Å²) < 4.78 is 59.8. The van der Waals surface area contributed by atoms with Gasteiger partial charge in [-0.15, -0.1) is 22.6 Å². The minimum atomic E-state index is -4.48. The second-order valence-electron chi connectivity index (χ2n) is 6.73. The second-order valence-corrected chi connectivity index (χ2v) is 8.12. The lowest BCUT2D eigenvalue weighted by Gasteiger charge is -2.12. The largest absolute Gasteiger partial charge is 0.489 e. The molecule has 4 rings (SSSR count). The van der Waals surface area contributed by atoms with Crippen LogP contribution in [-0.2, 0) is 6.18 Å². The number of rotatable bonds is 6. The van der Waals surface area contributed by atoms with Crippen molar-refractivity contribution in [1.29, 1.82) is 0 Å². The highest BCUT2D eigenvalue weighted by Crippen LogP contribution is 2.37. The molecule has 0 aliphatic heterocycles. The third kappa shape index (κ3) is 5.36. The Hall–Kier alpha value is -2.51. The number of ether oxygens (including phenoxy) is 1. The number of fused-ring (bicyclic) bond motifs is 1. The maximum Gasteiger partial charge on any atom is 0.416 e. The van der Waals surface area contributed by atoms with Crippen LogP contribution in [0.4, 0.5) is 17.6 Å². The predicted molar refractivity (Wildman–Crippen MR) is 117 cm³/mol. The number of aliphatic hydroxyl groups excluding tert-OH is 1. The van der Waals surface area contributed by atoms with E-state index in [4.69, 9.17) is 27.2 Å². The van der Waals surface area contributed by atoms with Gasteiger partial charge in [-0.3, -0.25) is 0 Å². The molecule has 0 saturated carbocycles. The molecule has 176 valence electrons. The normalized spacial score (nSPS) is 12.6. The van der Waals surface area contributed by atoms with Gasteiger partial charge in [0, 0.05) is 24.0 Å². The van der Waals surface area contributed by atoms with Crippen molar-refractivity contribution in [1.82, 2.24) is 19.6 Å². The number of nitrogens with two attached hydrogens (primary N) is 1. The molecule has 3 heterocycles. The Bertz CT molecular complexity index is 1280. The van der Waals surface area contributed by atoms with Gasteiger partial charge in [-0.1, -0.05) is 22.9 Å². The van der Waals surface area contributed by atoms with Gasteiger partial charge in [-0.25, -0.2) is 9.37 Å². The van der Waals surface area contributed by atoms with Crippen LogP contribution in [0.15, 0.2) is 36.7 Å². The van der Waals surface area contributed by atoms with E-state index in [1.54, 1.807) is 0 Å². The Morgan fingerprint density at radius 2 is 1.94 bits per heavy atom. The molecule has 0 fully saturated rings. The summed E-state index contributed by atoms with van der Waals surface area (Å²) in [5.41, 5.74) is 5.38. The summed E-state index contributed by atoms with van der Waals surface area (Å²) in [6.45, 7) is -0.419. The van der Waals surface area contributed by atoms with Crippen molar-refractivity contribution < 1.29 is 27.4 Å². The van der Waals surface area contributed by atoms with Crippen LogP contribution in [0.3, 0.4) is 0 Å². The fourth-order valence-corrected chi connectivity index (χ4v) is 3.88. The molecule has 0 radical (unpaired) electrons. The van der Waals surface area contributed by atoms with Gasteiger partial charge < -0.3 is 20.0 Å². The van der Waals surface area contributed by atoms with Crippen LogP contribution < -0.4 is 10.5 Å². The number of aromatic nitrogens is 4. The van der Waals surface area contributed by atoms with Gasteiger partial charge in [0.15, 0.2) is 16.6 Å². The summed E-state index contributed by atoms with van der Waals surface area (Å²) in [4.78, 5) is 4.18. The summed E-state index contributed by atoms with van der Waals surface area (Å²) in [6, 6.07) is 3.60. The standard InChI is InChI=1S/C19H14ClF4N5O2S.ClH/c20-12-5-15(31-8-10(25)7-30)13(21)4-11(12)17-27-28-18(32-17)14-6-29-2-1-9(19(22,23)24)3-16(29)26-14;/h1-6,10,30H,7-8,25H2;1H. The van der Waals surface area contributed by atoms with Crippen LogP contribution in [0.25, 0.3) is 26.9 Å². The van der Waals surface area contributed by atoms with Crippen LogP contribution >= 0.6 is 35.3 Å². The summed E-state index contributed by atoms with van der Waals surface area (Å²) in [7, 11) is 0. The number of halogens is 6. The zero-order valence-corrected chi connectivity index (χ0v) is 18.8. The molecular formula is C19H15Cl2F4N5O2S. The molecule has 0 bridgehead atoms. The van der Waals surface area contributed by atoms with Gasteiger partial charge in [-0.2, -0.15) is 13.2 Å². The van der Waals surface area contributed by atoms with Gasteiger partial charge in [0.25, 0.3) is 0 Å². The molecule has 0 spiro atoms. The molecule has 0 saturated heterocycles. The average molecular weight is 524 g/mol. The molecule has 3 aromatic heterocycles. The van der Waals surface area contributed by atoms with Crippen molar-refractivity contribution in [3.8, 4) is 27.0 Å². The molecule has 33 heavy (non-hydrogen) atoms. The highest BCUT2D eigenvalue weighted by molar-refractivity contribution is 7.18. The molecular weight excluding hydrogens is 509 g/mol. The fourth-order valence-electron chi connectivity index (χ4n) is 2.75. The Labute approximate surface area is 199 Å². The SMILES string of the molecule is Cl.NC(CO)COc1cc(Cl)c(-c2nnc(-c3cn4ccc(C(F)(F)F)cc4n3)s2)cc1F. The lowest BCUT2D eigenvalue weighted by atomic mass is 10.2. The summed E-state index contributed by atoms with van der Waals surface area (Å²) in [6.07, 6.45) is -1.71. The van der Waals surface area contributed by atoms with Gasteiger partial charge in [0.1, 0.15) is 23.0 Å². The minimum absolute atomic E-state index is 0. The zero-order chi connectivity index (χ0) is 23.0. The molecule has 4 aromatic rings. The molecule has 3 N–H and O–H groups in total. The number of nitrogens with zero attached hydrogens (tertiary/aromatic N) is 4. The van der Waals surface area contributed by atoms with Crippen LogP contribution in [0.1, 0.15) is 5.56 Å². The summed E-state index contributed by atoms with van der Waals surface area (Å²) in [5, 5.41) is 17.7. The van der Waals surface area contributed by atoms with Gasteiger partial charge >= 0.3 is 6.18 Å². The van der Waals surface area contributed by atoms with Crippen LogP contribution in [-0.4, -0.2) is 43.9 Å². The van der Waals surface area contributed by atoms with Crippen molar-refractivity contribution in [3.05, 3.63) is 53.1 Å². The third-order valence-electron chi connectivity index (χ3n) is 4.37. The maximum atomic E-state index is 14.4. The number of alkyl halides is 3. The first-order valence-corrected chi connectivity index (χ1v) is 10.2. The van der Waals surface area contributed by atoms with E-state index in [-0.39, 0.29) is 52.6 Å². The van der Waals surface area contributed by atoms with E-state index >= 15 is 0 Å². The molecule has 0 aliphatic rings.